The van der Waals surface area contributed by atoms with Crippen molar-refractivity contribution in [1.82, 2.24) is 10.2 Å². The molecular weight excluding hydrogens is 690 g/mol. The van der Waals surface area contributed by atoms with Crippen LogP contribution in [0.5, 0.6) is 5.75 Å². The summed E-state index contributed by atoms with van der Waals surface area (Å²) in [6, 6.07) is 28.3. The highest BCUT2D eigenvalue weighted by atomic mass is 79.9. The molecule has 1 N–H and O–H groups in total. The van der Waals surface area contributed by atoms with E-state index in [0.29, 0.717) is 30.3 Å². The molecule has 11 heteroatoms. The Morgan fingerprint density at radius 1 is 0.891 bits per heavy atom. The van der Waals surface area contributed by atoms with E-state index in [-0.39, 0.29) is 29.5 Å². The van der Waals surface area contributed by atoms with Crippen LogP contribution < -0.4 is 14.4 Å². The lowest BCUT2D eigenvalue weighted by Gasteiger charge is -2.34. The summed E-state index contributed by atoms with van der Waals surface area (Å²) in [5.74, 6) is -0.297. The van der Waals surface area contributed by atoms with E-state index in [1.807, 2.05) is 68.4 Å². The number of amides is 2. The van der Waals surface area contributed by atoms with Crippen LogP contribution in [0.2, 0.25) is 5.02 Å². The molecule has 46 heavy (non-hydrogen) atoms. The maximum Gasteiger partial charge on any atom is 0.264 e. The van der Waals surface area contributed by atoms with Gasteiger partial charge in [-0.2, -0.15) is 0 Å². The standard InChI is InChI=1S/C35H37BrClN3O5S/c1-3-21-38-35(42)33(23-26-9-6-5-7-10-26)39(24-27-11-8-12-28(36)22-27)34(41)25-40(30-15-17-31(18-16-30)45-4-2)46(43,44)32-19-13-29(37)14-20-32/h5-20,22,33H,3-4,21,23-25H2,1-2H3,(H,38,42). The molecule has 0 spiro atoms. The van der Waals surface area contributed by atoms with Crippen molar-refractivity contribution in [2.24, 2.45) is 0 Å². The number of nitrogens with zero attached hydrogens (tertiary/aromatic N) is 2. The van der Waals surface area contributed by atoms with Crippen molar-refractivity contribution in [3.8, 4) is 5.75 Å². The van der Waals surface area contributed by atoms with Crippen molar-refractivity contribution in [3.05, 3.63) is 124 Å². The monoisotopic (exact) mass is 725 g/mol. The van der Waals surface area contributed by atoms with Crippen LogP contribution in [-0.2, 0) is 32.6 Å². The number of sulfonamides is 1. The molecule has 1 unspecified atom stereocenters. The van der Waals surface area contributed by atoms with E-state index in [0.717, 1.165) is 19.9 Å². The molecular formula is C35H37BrClN3O5S. The van der Waals surface area contributed by atoms with Gasteiger partial charge in [-0.3, -0.25) is 13.9 Å². The molecule has 0 aliphatic heterocycles. The molecule has 0 saturated carbocycles. The number of carbonyl (C=O) groups excluding carboxylic acids is 2. The predicted octanol–water partition coefficient (Wildman–Crippen LogP) is 6.86. The van der Waals surface area contributed by atoms with E-state index >= 15 is 0 Å². The van der Waals surface area contributed by atoms with E-state index in [2.05, 4.69) is 21.2 Å². The first-order valence-electron chi connectivity index (χ1n) is 15.0. The zero-order valence-electron chi connectivity index (χ0n) is 25.7. The first-order valence-corrected chi connectivity index (χ1v) is 17.6. The molecule has 0 radical (unpaired) electrons. The highest BCUT2D eigenvalue weighted by Crippen LogP contribution is 2.28. The summed E-state index contributed by atoms with van der Waals surface area (Å²) in [5.41, 5.74) is 1.91. The van der Waals surface area contributed by atoms with Crippen LogP contribution in [0.25, 0.3) is 0 Å². The van der Waals surface area contributed by atoms with Gasteiger partial charge in [0.1, 0.15) is 18.3 Å². The molecule has 4 aromatic rings. The Kier molecular flexibility index (Phi) is 12.7. The summed E-state index contributed by atoms with van der Waals surface area (Å²) in [5, 5.41) is 3.33. The second kappa shape index (κ2) is 16.6. The van der Waals surface area contributed by atoms with Crippen LogP contribution in [0, 0.1) is 0 Å². The minimum atomic E-state index is -4.24. The Morgan fingerprint density at radius 3 is 2.20 bits per heavy atom. The van der Waals surface area contributed by atoms with Crippen molar-refractivity contribution in [3.63, 3.8) is 0 Å². The zero-order valence-corrected chi connectivity index (χ0v) is 28.9. The SMILES string of the molecule is CCCNC(=O)C(Cc1ccccc1)N(Cc1cccc(Br)c1)C(=O)CN(c1ccc(OCC)cc1)S(=O)(=O)c1ccc(Cl)cc1. The predicted molar refractivity (Wildman–Crippen MR) is 186 cm³/mol. The summed E-state index contributed by atoms with van der Waals surface area (Å²) in [6.45, 7) is 4.20. The normalized spacial score (nSPS) is 11.8. The van der Waals surface area contributed by atoms with E-state index in [1.165, 1.54) is 29.2 Å². The number of ether oxygens (including phenoxy) is 1. The first kappa shape index (κ1) is 35.0. The van der Waals surface area contributed by atoms with Crippen molar-refractivity contribution in [1.29, 1.82) is 0 Å². The smallest absolute Gasteiger partial charge is 0.264 e. The number of nitrogens with one attached hydrogen (secondary N) is 1. The van der Waals surface area contributed by atoms with Gasteiger partial charge in [0, 0.05) is 29.0 Å². The second-order valence-corrected chi connectivity index (χ2v) is 13.8. The van der Waals surface area contributed by atoms with Crippen LogP contribution in [0.1, 0.15) is 31.4 Å². The Hall–Kier alpha value is -3.86. The van der Waals surface area contributed by atoms with Gasteiger partial charge >= 0.3 is 0 Å². The quantitative estimate of drug-likeness (QED) is 0.145. The molecule has 0 saturated heterocycles. The molecule has 0 fully saturated rings. The molecule has 4 rings (SSSR count). The van der Waals surface area contributed by atoms with Gasteiger partial charge in [-0.05, 0) is 85.1 Å². The first-order chi connectivity index (χ1) is 22.1. The van der Waals surface area contributed by atoms with Gasteiger partial charge in [0.2, 0.25) is 11.8 Å². The minimum Gasteiger partial charge on any atom is -0.494 e. The third-order valence-corrected chi connectivity index (χ3v) is 9.71. The number of anilines is 1. The third kappa shape index (κ3) is 9.34. The van der Waals surface area contributed by atoms with Crippen LogP contribution in [-0.4, -0.2) is 50.9 Å². The van der Waals surface area contributed by atoms with E-state index in [4.69, 9.17) is 16.3 Å². The lowest BCUT2D eigenvalue weighted by Crippen LogP contribution is -2.53. The van der Waals surface area contributed by atoms with Gasteiger partial charge in [-0.25, -0.2) is 8.42 Å². The van der Waals surface area contributed by atoms with Crippen molar-refractivity contribution in [2.45, 2.75) is 44.2 Å². The highest BCUT2D eigenvalue weighted by molar-refractivity contribution is 9.10. The molecule has 242 valence electrons. The number of benzene rings is 4. The van der Waals surface area contributed by atoms with Crippen LogP contribution in [0.15, 0.2) is 112 Å². The second-order valence-electron chi connectivity index (χ2n) is 10.5. The Balaban J connectivity index is 1.79. The highest BCUT2D eigenvalue weighted by Gasteiger charge is 2.34. The lowest BCUT2D eigenvalue weighted by atomic mass is 10.0. The fourth-order valence-corrected chi connectivity index (χ4v) is 6.88. The molecule has 0 heterocycles. The number of halogens is 2. The van der Waals surface area contributed by atoms with Gasteiger partial charge in [-0.15, -0.1) is 0 Å². The molecule has 0 aliphatic rings. The van der Waals surface area contributed by atoms with Crippen LogP contribution in [0.3, 0.4) is 0 Å². The summed E-state index contributed by atoms with van der Waals surface area (Å²) < 4.78 is 35.7. The Morgan fingerprint density at radius 2 is 1.57 bits per heavy atom. The molecule has 0 aliphatic carbocycles. The summed E-state index contributed by atoms with van der Waals surface area (Å²) in [4.78, 5) is 29.7. The van der Waals surface area contributed by atoms with Gasteiger partial charge in [0.25, 0.3) is 10.0 Å². The number of rotatable bonds is 15. The molecule has 1 atom stereocenters. The largest absolute Gasteiger partial charge is 0.494 e. The summed E-state index contributed by atoms with van der Waals surface area (Å²) in [6.07, 6.45) is 0.956. The van der Waals surface area contributed by atoms with Gasteiger partial charge in [0.05, 0.1) is 17.2 Å². The maximum absolute atomic E-state index is 14.5. The van der Waals surface area contributed by atoms with Crippen molar-refractivity contribution < 1.29 is 22.7 Å². The molecule has 8 nitrogen and oxygen atoms in total. The third-order valence-electron chi connectivity index (χ3n) is 7.18. The van der Waals surface area contributed by atoms with Crippen LogP contribution >= 0.6 is 27.5 Å². The Labute approximate surface area is 284 Å². The number of carbonyl (C=O) groups is 2. The molecule has 2 amide bonds. The van der Waals surface area contributed by atoms with E-state index < -0.39 is 28.5 Å². The maximum atomic E-state index is 14.5. The van der Waals surface area contributed by atoms with Crippen molar-refractivity contribution in [2.75, 3.05) is 24.0 Å². The van der Waals surface area contributed by atoms with Gasteiger partial charge < -0.3 is 15.0 Å². The van der Waals surface area contributed by atoms with E-state index in [1.54, 1.807) is 24.3 Å². The van der Waals surface area contributed by atoms with E-state index in [9.17, 15) is 18.0 Å². The zero-order chi connectivity index (χ0) is 33.1. The lowest BCUT2D eigenvalue weighted by molar-refractivity contribution is -0.140. The molecule has 0 aromatic heterocycles. The molecule has 4 aromatic carbocycles. The summed E-state index contributed by atoms with van der Waals surface area (Å²) >= 11 is 9.56. The Bertz CT molecular complexity index is 1700. The fourth-order valence-electron chi connectivity index (χ4n) is 4.89. The van der Waals surface area contributed by atoms with Gasteiger partial charge in [-0.1, -0.05) is 76.9 Å². The van der Waals surface area contributed by atoms with Crippen LogP contribution in [0.4, 0.5) is 5.69 Å². The topological polar surface area (TPSA) is 96.0 Å². The van der Waals surface area contributed by atoms with Gasteiger partial charge in [0.15, 0.2) is 0 Å². The number of hydrogen-bond acceptors (Lipinski definition) is 5. The minimum absolute atomic E-state index is 0.0290. The fraction of sp³-hybridized carbons (Fsp3) is 0.257. The number of hydrogen-bond donors (Lipinski definition) is 1. The summed E-state index contributed by atoms with van der Waals surface area (Å²) in [7, 11) is -4.24. The molecule has 0 bridgehead atoms. The average Bonchev–Trinajstić information content (AvgIpc) is 3.05. The van der Waals surface area contributed by atoms with Crippen molar-refractivity contribution >= 4 is 55.1 Å². The average molecular weight is 727 g/mol.